The normalized spacial score (nSPS) is 25.6. The summed E-state index contributed by atoms with van der Waals surface area (Å²) < 4.78 is 28.0. The van der Waals surface area contributed by atoms with E-state index in [4.69, 9.17) is 23.7 Å². The fraction of sp³-hybridized carbons (Fsp3) is 0.864. The summed E-state index contributed by atoms with van der Waals surface area (Å²) in [5, 5.41) is 11.2. The molecule has 1 heterocycles. The van der Waals surface area contributed by atoms with E-state index in [0.29, 0.717) is 0 Å². The molecule has 0 aromatic heterocycles. The lowest BCUT2D eigenvalue weighted by Crippen LogP contribution is -2.72. The molecule has 186 valence electrons. The van der Waals surface area contributed by atoms with Crippen LogP contribution in [0.2, 0.25) is 0 Å². The molecule has 0 unspecified atom stereocenters. The highest BCUT2D eigenvalue weighted by atomic mass is 79.9. The molecule has 1 N–H and O–H groups in total. The molecule has 0 aliphatic carbocycles. The van der Waals surface area contributed by atoms with Crippen LogP contribution in [-0.2, 0) is 38.1 Å². The first-order valence-corrected chi connectivity index (χ1v) is 11.5. The van der Waals surface area contributed by atoms with Gasteiger partial charge < -0.3 is 28.8 Å². The number of ether oxygens (including phenoxy) is 5. The minimum absolute atomic E-state index is 0.521. The highest BCUT2D eigenvalue weighted by Crippen LogP contribution is 2.47. The molecule has 0 spiro atoms. The van der Waals surface area contributed by atoms with Crippen molar-refractivity contribution in [3.05, 3.63) is 0 Å². The van der Waals surface area contributed by atoms with Gasteiger partial charge in [-0.15, -0.1) is 0 Å². The van der Waals surface area contributed by atoms with E-state index in [0.717, 1.165) is 0 Å². The van der Waals surface area contributed by atoms with Crippen LogP contribution in [0.25, 0.3) is 0 Å². The first-order chi connectivity index (χ1) is 14.0. The van der Waals surface area contributed by atoms with Crippen LogP contribution in [0.3, 0.4) is 0 Å². The molecule has 0 aromatic rings. The van der Waals surface area contributed by atoms with Crippen LogP contribution in [-0.4, -0.2) is 68.2 Å². The van der Waals surface area contributed by atoms with Crippen molar-refractivity contribution in [3.8, 4) is 0 Å². The van der Waals surface area contributed by atoms with Gasteiger partial charge in [0.25, 0.3) is 0 Å². The van der Waals surface area contributed by atoms with Gasteiger partial charge in [-0.2, -0.15) is 0 Å². The highest BCUT2D eigenvalue weighted by molar-refractivity contribution is 9.09. The minimum atomic E-state index is -2.71. The third-order valence-corrected chi connectivity index (χ3v) is 4.86. The Balaban J connectivity index is 3.82. The van der Waals surface area contributed by atoms with Crippen molar-refractivity contribution < 1.29 is 43.2 Å². The SMILES string of the molecule is CC(C)(C)OC(=O)[C@@H]1OC(C)(C)O[C@@]1(C(=O)OC(C)(C)C)[C@](O)(CBr)C(=O)OC(C)(C)C. The van der Waals surface area contributed by atoms with Gasteiger partial charge in [-0.25, -0.2) is 14.4 Å². The number of hydrogen-bond donors (Lipinski definition) is 1. The van der Waals surface area contributed by atoms with Gasteiger partial charge in [0.15, 0.2) is 5.79 Å². The van der Waals surface area contributed by atoms with Crippen molar-refractivity contribution >= 4 is 33.8 Å². The number of carbonyl (C=O) groups excluding carboxylic acids is 3. The second-order valence-electron chi connectivity index (χ2n) is 11.3. The number of rotatable bonds is 5. The third-order valence-electron chi connectivity index (χ3n) is 4.05. The summed E-state index contributed by atoms with van der Waals surface area (Å²) in [5.74, 6) is -4.92. The van der Waals surface area contributed by atoms with Crippen LogP contribution in [0.4, 0.5) is 0 Å². The molecule has 1 rings (SSSR count). The Hall–Kier alpha value is -1.23. The quantitative estimate of drug-likeness (QED) is 0.328. The summed E-state index contributed by atoms with van der Waals surface area (Å²) in [7, 11) is 0. The molecule has 1 fully saturated rings. The van der Waals surface area contributed by atoms with Gasteiger partial charge in [-0.05, 0) is 76.2 Å². The van der Waals surface area contributed by atoms with Crippen molar-refractivity contribution in [2.75, 3.05) is 5.33 Å². The molecule has 1 aliphatic rings. The van der Waals surface area contributed by atoms with E-state index in [-0.39, 0.29) is 0 Å². The number of hydrogen-bond acceptors (Lipinski definition) is 9. The van der Waals surface area contributed by atoms with Gasteiger partial charge in [0.05, 0.1) is 0 Å². The molecular formula is C22H37BrO9. The fourth-order valence-corrected chi connectivity index (χ4v) is 3.69. The minimum Gasteiger partial charge on any atom is -0.458 e. The molecule has 10 heteroatoms. The summed E-state index contributed by atoms with van der Waals surface area (Å²) >= 11 is 3.10. The van der Waals surface area contributed by atoms with Gasteiger partial charge >= 0.3 is 17.9 Å². The lowest BCUT2D eigenvalue weighted by Gasteiger charge is -2.43. The summed E-state index contributed by atoms with van der Waals surface area (Å²) in [6.07, 6.45) is -1.83. The second-order valence-corrected chi connectivity index (χ2v) is 11.8. The molecule has 32 heavy (non-hydrogen) atoms. The monoisotopic (exact) mass is 524 g/mol. The first kappa shape index (κ1) is 28.8. The standard InChI is InChI=1S/C22H37BrO9/c1-17(2,3)29-14(24)13-22(32-20(10,11)28-13,16(26)31-19(7,8)9)21(27,12-23)15(25)30-18(4,5)6/h13,27H,12H2,1-11H3/t13-,21-,22-/m0/s1. The van der Waals surface area contributed by atoms with Gasteiger partial charge in [0, 0.05) is 5.33 Å². The van der Waals surface area contributed by atoms with Gasteiger partial charge in [-0.1, -0.05) is 15.9 Å². The summed E-state index contributed by atoms with van der Waals surface area (Å²) in [6, 6.07) is 0. The van der Waals surface area contributed by atoms with Gasteiger partial charge in [0.2, 0.25) is 17.3 Å². The lowest BCUT2D eigenvalue weighted by atomic mass is 9.78. The molecule has 3 atom stereocenters. The van der Waals surface area contributed by atoms with E-state index in [1.807, 2.05) is 0 Å². The number of carbonyl (C=O) groups is 3. The Labute approximate surface area is 198 Å². The Morgan fingerprint density at radius 3 is 1.69 bits per heavy atom. The van der Waals surface area contributed by atoms with E-state index >= 15 is 0 Å². The van der Waals surface area contributed by atoms with Crippen LogP contribution in [0.15, 0.2) is 0 Å². The summed E-state index contributed by atoms with van der Waals surface area (Å²) in [4.78, 5) is 40.0. The van der Waals surface area contributed by atoms with Crippen molar-refractivity contribution in [2.45, 2.75) is 116 Å². The Morgan fingerprint density at radius 1 is 0.875 bits per heavy atom. The van der Waals surface area contributed by atoms with Crippen LogP contribution in [0.5, 0.6) is 0 Å². The number of aliphatic hydroxyl groups is 1. The fourth-order valence-electron chi connectivity index (χ4n) is 3.04. The van der Waals surface area contributed by atoms with E-state index in [9.17, 15) is 19.5 Å². The molecule has 1 aliphatic heterocycles. The molecule has 0 radical (unpaired) electrons. The first-order valence-electron chi connectivity index (χ1n) is 10.4. The molecule has 0 bridgehead atoms. The largest absolute Gasteiger partial charge is 0.458 e. The topological polar surface area (TPSA) is 118 Å². The van der Waals surface area contributed by atoms with Gasteiger partial charge in [0.1, 0.15) is 16.8 Å². The number of esters is 3. The second kappa shape index (κ2) is 8.85. The van der Waals surface area contributed by atoms with E-state index in [1.165, 1.54) is 13.8 Å². The van der Waals surface area contributed by atoms with Crippen LogP contribution in [0.1, 0.15) is 76.2 Å². The summed E-state index contributed by atoms with van der Waals surface area (Å²) in [5.41, 5.74) is -8.35. The van der Waals surface area contributed by atoms with E-state index < -0.39 is 63.1 Å². The average Bonchev–Trinajstić information content (AvgIpc) is 2.82. The molecule has 0 amide bonds. The van der Waals surface area contributed by atoms with E-state index in [1.54, 1.807) is 62.3 Å². The van der Waals surface area contributed by atoms with E-state index in [2.05, 4.69) is 15.9 Å². The maximum absolute atomic E-state index is 13.6. The third kappa shape index (κ3) is 6.42. The van der Waals surface area contributed by atoms with Gasteiger partial charge in [-0.3, -0.25) is 0 Å². The van der Waals surface area contributed by atoms with Crippen LogP contribution in [0, 0.1) is 0 Å². The van der Waals surface area contributed by atoms with Crippen molar-refractivity contribution in [3.63, 3.8) is 0 Å². The highest BCUT2D eigenvalue weighted by Gasteiger charge is 2.76. The maximum Gasteiger partial charge on any atom is 0.346 e. The lowest BCUT2D eigenvalue weighted by molar-refractivity contribution is -0.240. The maximum atomic E-state index is 13.6. The van der Waals surface area contributed by atoms with Crippen molar-refractivity contribution in [1.29, 1.82) is 0 Å². The molecule has 1 saturated heterocycles. The number of halogens is 1. The predicted molar refractivity (Wildman–Crippen MR) is 119 cm³/mol. The molecule has 0 aromatic carbocycles. The zero-order valence-corrected chi connectivity index (χ0v) is 22.5. The molecule has 0 saturated carbocycles. The smallest absolute Gasteiger partial charge is 0.346 e. The van der Waals surface area contributed by atoms with Crippen LogP contribution >= 0.6 is 15.9 Å². The Kier molecular flexibility index (Phi) is 7.96. The van der Waals surface area contributed by atoms with Crippen LogP contribution < -0.4 is 0 Å². The van der Waals surface area contributed by atoms with Crippen molar-refractivity contribution in [1.82, 2.24) is 0 Å². The average molecular weight is 525 g/mol. The Bertz CT molecular complexity index is 742. The zero-order chi connectivity index (χ0) is 25.6. The summed E-state index contributed by atoms with van der Waals surface area (Å²) in [6.45, 7) is 17.4. The zero-order valence-electron chi connectivity index (χ0n) is 20.9. The molecular weight excluding hydrogens is 488 g/mol. The number of alkyl halides is 1. The molecule has 9 nitrogen and oxygen atoms in total. The Morgan fingerprint density at radius 2 is 1.31 bits per heavy atom. The van der Waals surface area contributed by atoms with Crippen molar-refractivity contribution in [2.24, 2.45) is 0 Å². The predicted octanol–water partition coefficient (Wildman–Crippen LogP) is 3.03.